The fourth-order valence-electron chi connectivity index (χ4n) is 3.22. The minimum absolute atomic E-state index is 0.0317. The number of aromatic nitrogens is 3. The van der Waals surface area contributed by atoms with E-state index in [4.69, 9.17) is 4.63 Å². The van der Waals surface area contributed by atoms with E-state index in [0.29, 0.717) is 23.1 Å². The third kappa shape index (κ3) is 1.91. The highest BCUT2D eigenvalue weighted by Gasteiger charge is 2.30. The highest BCUT2D eigenvalue weighted by atomic mass is 16.6. The Morgan fingerprint density at radius 2 is 2.14 bits per heavy atom. The second-order valence-corrected chi connectivity index (χ2v) is 5.52. The quantitative estimate of drug-likeness (QED) is 0.729. The van der Waals surface area contributed by atoms with Crippen LogP contribution in [0.5, 0.6) is 0 Å². The smallest absolute Gasteiger partial charge is 0.254 e. The maximum atomic E-state index is 12.9. The van der Waals surface area contributed by atoms with Gasteiger partial charge < -0.3 is 9.47 Å². The fourth-order valence-corrected chi connectivity index (χ4v) is 3.22. The molecule has 0 fully saturated rings. The van der Waals surface area contributed by atoms with Gasteiger partial charge in [0, 0.05) is 30.5 Å². The minimum Gasteiger partial charge on any atom is -0.348 e. The molecular formula is C16H16N4O2. The Morgan fingerprint density at radius 1 is 1.27 bits per heavy atom. The third-order valence-electron chi connectivity index (χ3n) is 4.31. The van der Waals surface area contributed by atoms with Crippen LogP contribution < -0.4 is 0 Å². The summed E-state index contributed by atoms with van der Waals surface area (Å²) in [6, 6.07) is 9.55. The zero-order valence-corrected chi connectivity index (χ0v) is 12.3. The first-order chi connectivity index (χ1) is 10.8. The molecule has 3 heterocycles. The van der Waals surface area contributed by atoms with Crippen molar-refractivity contribution >= 4 is 16.9 Å². The molecule has 1 atom stereocenters. The van der Waals surface area contributed by atoms with Crippen LogP contribution in [0.2, 0.25) is 0 Å². The maximum Gasteiger partial charge on any atom is 0.254 e. The highest BCUT2D eigenvalue weighted by Crippen LogP contribution is 2.30. The summed E-state index contributed by atoms with van der Waals surface area (Å²) in [7, 11) is 0. The molecule has 0 spiro atoms. The topological polar surface area (TPSA) is 64.2 Å². The predicted octanol–water partition coefficient (Wildman–Crippen LogP) is 2.63. The van der Waals surface area contributed by atoms with Crippen molar-refractivity contribution in [3.8, 4) is 0 Å². The van der Waals surface area contributed by atoms with Crippen molar-refractivity contribution < 1.29 is 9.42 Å². The van der Waals surface area contributed by atoms with Gasteiger partial charge in [-0.25, -0.2) is 4.63 Å². The van der Waals surface area contributed by atoms with Gasteiger partial charge in [-0.1, -0.05) is 6.92 Å². The first-order valence-electron chi connectivity index (χ1n) is 7.46. The number of benzene rings is 1. The van der Waals surface area contributed by atoms with Crippen LogP contribution in [0.4, 0.5) is 0 Å². The summed E-state index contributed by atoms with van der Waals surface area (Å²) >= 11 is 0. The Labute approximate surface area is 127 Å². The van der Waals surface area contributed by atoms with E-state index in [-0.39, 0.29) is 11.9 Å². The molecule has 0 unspecified atom stereocenters. The van der Waals surface area contributed by atoms with Crippen LogP contribution in [0, 0.1) is 0 Å². The summed E-state index contributed by atoms with van der Waals surface area (Å²) in [5.41, 5.74) is 3.10. The number of hydrogen-bond acceptors (Lipinski definition) is 4. The summed E-state index contributed by atoms with van der Waals surface area (Å²) in [5, 5.41) is 7.58. The number of fused-ring (bicyclic) bond motifs is 2. The van der Waals surface area contributed by atoms with Gasteiger partial charge in [-0.3, -0.25) is 4.79 Å². The lowest BCUT2D eigenvalue weighted by atomic mass is 10.0. The summed E-state index contributed by atoms with van der Waals surface area (Å²) in [6.07, 6.45) is 2.97. The lowest BCUT2D eigenvalue weighted by molar-refractivity contribution is 0.0618. The number of rotatable bonds is 2. The van der Waals surface area contributed by atoms with Crippen LogP contribution >= 0.6 is 0 Å². The van der Waals surface area contributed by atoms with E-state index in [1.807, 2.05) is 11.0 Å². The van der Waals surface area contributed by atoms with Crippen LogP contribution in [0.3, 0.4) is 0 Å². The van der Waals surface area contributed by atoms with E-state index in [1.54, 1.807) is 18.2 Å². The number of hydrogen-bond donors (Lipinski definition) is 0. The van der Waals surface area contributed by atoms with E-state index in [2.05, 4.69) is 34.1 Å². The second-order valence-electron chi connectivity index (χ2n) is 5.52. The standard InChI is InChI=1S/C16H16N4O2/c1-2-14-15-4-3-7-19(15)8-9-20(14)16(21)11-5-6-12-13(10-11)18-22-17-12/h3-7,10,14H,2,8-9H2,1H3/t14-/m0/s1. The summed E-state index contributed by atoms with van der Waals surface area (Å²) in [5.74, 6) is 0.0317. The van der Waals surface area contributed by atoms with E-state index < -0.39 is 0 Å². The maximum absolute atomic E-state index is 12.9. The molecule has 4 rings (SSSR count). The van der Waals surface area contributed by atoms with Crippen molar-refractivity contribution in [3.63, 3.8) is 0 Å². The van der Waals surface area contributed by atoms with Crippen LogP contribution in [0.15, 0.2) is 41.2 Å². The Bertz CT molecular complexity index is 835. The summed E-state index contributed by atoms with van der Waals surface area (Å²) in [6.45, 7) is 3.66. The molecule has 22 heavy (non-hydrogen) atoms. The zero-order chi connectivity index (χ0) is 15.1. The molecule has 1 aliphatic heterocycles. The molecule has 0 saturated heterocycles. The number of nitrogens with zero attached hydrogens (tertiary/aromatic N) is 4. The van der Waals surface area contributed by atoms with Crippen molar-refractivity contribution in [2.24, 2.45) is 0 Å². The number of carbonyl (C=O) groups is 1. The van der Waals surface area contributed by atoms with Gasteiger partial charge >= 0.3 is 0 Å². The minimum atomic E-state index is 0.0317. The van der Waals surface area contributed by atoms with E-state index in [1.165, 1.54) is 5.69 Å². The molecule has 0 saturated carbocycles. The molecule has 1 amide bonds. The van der Waals surface area contributed by atoms with Gasteiger partial charge in [0.1, 0.15) is 11.0 Å². The van der Waals surface area contributed by atoms with Crippen molar-refractivity contribution in [1.29, 1.82) is 0 Å². The molecular weight excluding hydrogens is 280 g/mol. The molecule has 1 aliphatic rings. The van der Waals surface area contributed by atoms with Gasteiger partial charge in [0.2, 0.25) is 0 Å². The first kappa shape index (κ1) is 13.1. The Morgan fingerprint density at radius 3 is 3.00 bits per heavy atom. The zero-order valence-electron chi connectivity index (χ0n) is 12.3. The molecule has 112 valence electrons. The average Bonchev–Trinajstić information content (AvgIpc) is 3.20. The lowest BCUT2D eigenvalue weighted by Gasteiger charge is -2.36. The highest BCUT2D eigenvalue weighted by molar-refractivity contribution is 5.97. The summed E-state index contributed by atoms with van der Waals surface area (Å²) < 4.78 is 6.92. The Balaban J connectivity index is 1.69. The third-order valence-corrected chi connectivity index (χ3v) is 4.31. The second kappa shape index (κ2) is 4.98. The van der Waals surface area contributed by atoms with Gasteiger partial charge in [0.15, 0.2) is 0 Å². The van der Waals surface area contributed by atoms with E-state index in [0.717, 1.165) is 13.0 Å². The molecule has 0 aliphatic carbocycles. The number of carbonyl (C=O) groups excluding carboxylic acids is 1. The predicted molar refractivity (Wildman–Crippen MR) is 80.3 cm³/mol. The van der Waals surface area contributed by atoms with E-state index >= 15 is 0 Å². The van der Waals surface area contributed by atoms with Crippen LogP contribution in [0.25, 0.3) is 11.0 Å². The Hall–Kier alpha value is -2.63. The largest absolute Gasteiger partial charge is 0.348 e. The summed E-state index contributed by atoms with van der Waals surface area (Å²) in [4.78, 5) is 14.9. The van der Waals surface area contributed by atoms with Gasteiger partial charge in [-0.2, -0.15) is 0 Å². The van der Waals surface area contributed by atoms with Gasteiger partial charge in [0.05, 0.1) is 6.04 Å². The van der Waals surface area contributed by atoms with Crippen molar-refractivity contribution in [2.75, 3.05) is 6.54 Å². The SMILES string of the molecule is CC[C@H]1c2cccn2CCN1C(=O)c1ccc2nonc2c1. The normalized spacial score (nSPS) is 17.7. The molecule has 3 aromatic rings. The van der Waals surface area contributed by atoms with Crippen molar-refractivity contribution in [3.05, 3.63) is 47.8 Å². The molecule has 1 aromatic carbocycles. The monoisotopic (exact) mass is 296 g/mol. The van der Waals surface area contributed by atoms with Crippen LogP contribution in [-0.2, 0) is 6.54 Å². The van der Waals surface area contributed by atoms with Crippen LogP contribution in [-0.4, -0.2) is 32.2 Å². The Kier molecular flexibility index (Phi) is 2.96. The van der Waals surface area contributed by atoms with Gasteiger partial charge in [-0.05, 0) is 47.1 Å². The molecule has 0 bridgehead atoms. The van der Waals surface area contributed by atoms with Crippen molar-refractivity contribution in [2.45, 2.75) is 25.9 Å². The van der Waals surface area contributed by atoms with Gasteiger partial charge in [-0.15, -0.1) is 0 Å². The molecule has 2 aromatic heterocycles. The van der Waals surface area contributed by atoms with Crippen LogP contribution in [0.1, 0.15) is 35.4 Å². The van der Waals surface area contributed by atoms with Gasteiger partial charge in [0.25, 0.3) is 5.91 Å². The molecule has 0 radical (unpaired) electrons. The molecule has 0 N–H and O–H groups in total. The number of amides is 1. The molecule has 6 heteroatoms. The fraction of sp³-hybridized carbons (Fsp3) is 0.312. The van der Waals surface area contributed by atoms with Crippen molar-refractivity contribution in [1.82, 2.24) is 19.8 Å². The lowest BCUT2D eigenvalue weighted by Crippen LogP contribution is -2.41. The average molecular weight is 296 g/mol. The first-order valence-corrected chi connectivity index (χ1v) is 7.46. The van der Waals surface area contributed by atoms with E-state index in [9.17, 15) is 4.79 Å². The molecule has 6 nitrogen and oxygen atoms in total.